The van der Waals surface area contributed by atoms with Gasteiger partial charge in [-0.05, 0) is 18.2 Å². The molecular formula is C13H16Cl2N2O2S. The number of carbonyl (C=O) groups is 1. The molecule has 4 nitrogen and oxygen atoms in total. The fraction of sp³-hybridized carbons (Fsp3) is 0.385. The van der Waals surface area contributed by atoms with Gasteiger partial charge in [0.15, 0.2) is 11.0 Å². The largest absolute Gasteiger partial charge is 0.495 e. The number of ether oxygens (including phenoxy) is 1. The number of ketones is 1. The van der Waals surface area contributed by atoms with Gasteiger partial charge in [-0.1, -0.05) is 23.4 Å². The first-order valence-corrected chi connectivity index (χ1v) is 7.23. The maximum absolute atomic E-state index is 12.1. The van der Waals surface area contributed by atoms with E-state index < -0.39 is 0 Å². The zero-order valence-electron chi connectivity index (χ0n) is 11.3. The maximum Gasteiger partial charge on any atom is 0.173 e. The molecule has 0 fully saturated rings. The molecule has 1 heterocycles. The van der Waals surface area contributed by atoms with E-state index in [2.05, 4.69) is 9.89 Å². The van der Waals surface area contributed by atoms with Crippen LogP contribution in [0.2, 0.25) is 5.02 Å². The van der Waals surface area contributed by atoms with E-state index in [1.807, 2.05) is 7.05 Å². The second kappa shape index (κ2) is 7.76. The van der Waals surface area contributed by atoms with Crippen molar-refractivity contribution >= 4 is 46.7 Å². The van der Waals surface area contributed by atoms with Crippen LogP contribution < -0.4 is 4.74 Å². The Hall–Kier alpha value is -0.910. The number of carbonyl (C=O) groups excluding carboxylic acids is 1. The number of rotatable bonds is 4. The summed E-state index contributed by atoms with van der Waals surface area (Å²) >= 11 is 7.47. The fourth-order valence-corrected chi connectivity index (χ4v) is 2.90. The van der Waals surface area contributed by atoms with Crippen molar-refractivity contribution in [2.45, 2.75) is 0 Å². The van der Waals surface area contributed by atoms with Crippen LogP contribution in [0, 0.1) is 0 Å². The Labute approximate surface area is 133 Å². The van der Waals surface area contributed by atoms with E-state index in [1.54, 1.807) is 25.3 Å². The van der Waals surface area contributed by atoms with Crippen molar-refractivity contribution in [3.63, 3.8) is 0 Å². The van der Waals surface area contributed by atoms with Crippen molar-refractivity contribution in [3.8, 4) is 5.75 Å². The lowest BCUT2D eigenvalue weighted by Gasteiger charge is -2.12. The molecule has 0 unspecified atom stereocenters. The Kier molecular flexibility index (Phi) is 6.65. The highest BCUT2D eigenvalue weighted by molar-refractivity contribution is 8.14. The first-order valence-electron chi connectivity index (χ1n) is 5.87. The smallest absolute Gasteiger partial charge is 0.173 e. The second-order valence-corrected chi connectivity index (χ2v) is 5.50. The van der Waals surface area contributed by atoms with E-state index in [1.165, 1.54) is 11.8 Å². The molecule has 1 aromatic carbocycles. The molecule has 2 rings (SSSR count). The molecule has 0 aliphatic carbocycles. The number of hydrogen-bond donors (Lipinski definition) is 0. The molecule has 1 aliphatic heterocycles. The minimum Gasteiger partial charge on any atom is -0.495 e. The number of halogens is 2. The van der Waals surface area contributed by atoms with E-state index in [9.17, 15) is 4.79 Å². The van der Waals surface area contributed by atoms with Gasteiger partial charge in [0.05, 0.1) is 24.4 Å². The Morgan fingerprint density at radius 1 is 1.55 bits per heavy atom. The van der Waals surface area contributed by atoms with E-state index >= 15 is 0 Å². The topological polar surface area (TPSA) is 41.9 Å². The molecule has 7 heteroatoms. The third-order valence-corrected chi connectivity index (χ3v) is 4.22. The number of thioether (sulfide) groups is 1. The van der Waals surface area contributed by atoms with Gasteiger partial charge < -0.3 is 9.64 Å². The van der Waals surface area contributed by atoms with Crippen molar-refractivity contribution in [2.24, 2.45) is 4.99 Å². The molecule has 0 radical (unpaired) electrons. The molecule has 0 atom stereocenters. The van der Waals surface area contributed by atoms with E-state index in [-0.39, 0.29) is 18.2 Å². The molecule has 0 spiro atoms. The zero-order valence-corrected chi connectivity index (χ0v) is 13.6. The van der Waals surface area contributed by atoms with Crippen molar-refractivity contribution in [2.75, 3.05) is 33.0 Å². The lowest BCUT2D eigenvalue weighted by molar-refractivity contribution is 0.102. The van der Waals surface area contributed by atoms with Crippen LogP contribution in [0.5, 0.6) is 5.75 Å². The van der Waals surface area contributed by atoms with Gasteiger partial charge in [0.2, 0.25) is 0 Å². The van der Waals surface area contributed by atoms with Crippen molar-refractivity contribution in [1.29, 1.82) is 0 Å². The van der Waals surface area contributed by atoms with E-state index in [0.29, 0.717) is 22.1 Å². The van der Waals surface area contributed by atoms with Crippen LogP contribution in [-0.4, -0.2) is 48.9 Å². The summed E-state index contributed by atoms with van der Waals surface area (Å²) in [6, 6.07) is 5.08. The number of nitrogens with zero attached hydrogens (tertiary/aromatic N) is 2. The van der Waals surface area contributed by atoms with Crippen LogP contribution in [0.4, 0.5) is 0 Å². The highest BCUT2D eigenvalue weighted by Gasteiger charge is 2.16. The average Bonchev–Trinajstić information content (AvgIpc) is 2.81. The summed E-state index contributed by atoms with van der Waals surface area (Å²) in [5.41, 5.74) is 0.597. The molecule has 0 bridgehead atoms. The zero-order chi connectivity index (χ0) is 13.8. The van der Waals surface area contributed by atoms with Crippen LogP contribution >= 0.6 is 35.8 Å². The summed E-state index contributed by atoms with van der Waals surface area (Å²) in [6.07, 6.45) is 0. The number of methoxy groups -OCH3 is 1. The quantitative estimate of drug-likeness (QED) is 0.794. The number of hydrogen-bond acceptors (Lipinski definition) is 5. The monoisotopic (exact) mass is 334 g/mol. The standard InChI is InChI=1S/C13H15ClN2O2S.ClH/c1-16-6-5-15-13(16)19-8-11(17)9-3-4-12(18-2)10(14)7-9;/h3-4,7H,5-6,8H2,1-2H3;1H. The lowest BCUT2D eigenvalue weighted by Crippen LogP contribution is -2.21. The van der Waals surface area contributed by atoms with E-state index in [4.69, 9.17) is 16.3 Å². The maximum atomic E-state index is 12.1. The highest BCUT2D eigenvalue weighted by atomic mass is 35.5. The molecular weight excluding hydrogens is 319 g/mol. The average molecular weight is 335 g/mol. The van der Waals surface area contributed by atoms with Crippen LogP contribution in [-0.2, 0) is 0 Å². The van der Waals surface area contributed by atoms with Gasteiger partial charge in [0.25, 0.3) is 0 Å². The molecule has 1 aromatic rings. The molecule has 20 heavy (non-hydrogen) atoms. The summed E-state index contributed by atoms with van der Waals surface area (Å²) in [5, 5.41) is 1.38. The Morgan fingerprint density at radius 3 is 2.85 bits per heavy atom. The summed E-state index contributed by atoms with van der Waals surface area (Å²) in [7, 11) is 3.53. The third-order valence-electron chi connectivity index (χ3n) is 2.82. The summed E-state index contributed by atoms with van der Waals surface area (Å²) in [6.45, 7) is 1.73. The first kappa shape index (κ1) is 17.1. The lowest BCUT2D eigenvalue weighted by atomic mass is 10.1. The first-order chi connectivity index (χ1) is 9.11. The van der Waals surface area contributed by atoms with Gasteiger partial charge in [0, 0.05) is 19.2 Å². The van der Waals surface area contributed by atoms with Gasteiger partial charge >= 0.3 is 0 Å². The summed E-state index contributed by atoms with van der Waals surface area (Å²) in [4.78, 5) is 18.5. The van der Waals surface area contributed by atoms with Crippen LogP contribution in [0.1, 0.15) is 10.4 Å². The number of benzene rings is 1. The predicted molar refractivity (Wildman–Crippen MR) is 87.0 cm³/mol. The van der Waals surface area contributed by atoms with E-state index in [0.717, 1.165) is 18.3 Å². The van der Waals surface area contributed by atoms with Gasteiger partial charge in [0.1, 0.15) is 5.75 Å². The number of amidine groups is 1. The second-order valence-electron chi connectivity index (χ2n) is 4.15. The Morgan fingerprint density at radius 2 is 2.30 bits per heavy atom. The van der Waals surface area contributed by atoms with Gasteiger partial charge in [-0.25, -0.2) is 0 Å². The van der Waals surface area contributed by atoms with Gasteiger partial charge in [-0.15, -0.1) is 12.4 Å². The Balaban J connectivity index is 0.00000200. The van der Waals surface area contributed by atoms with Crippen molar-refractivity contribution in [3.05, 3.63) is 28.8 Å². The molecule has 1 aliphatic rings. The number of likely N-dealkylation sites (N-methyl/N-ethyl adjacent to an activating group) is 1. The SMILES string of the molecule is COc1ccc(C(=O)CSC2=NCCN2C)cc1Cl.Cl. The van der Waals surface area contributed by atoms with Crippen LogP contribution in [0.25, 0.3) is 0 Å². The molecule has 0 aromatic heterocycles. The normalized spacial score (nSPS) is 13.8. The number of Topliss-reactive ketones (excluding diaryl/α,β-unsaturated/α-hetero) is 1. The van der Waals surface area contributed by atoms with Crippen LogP contribution in [0.15, 0.2) is 23.2 Å². The molecule has 110 valence electrons. The van der Waals surface area contributed by atoms with Crippen LogP contribution in [0.3, 0.4) is 0 Å². The van der Waals surface area contributed by atoms with Gasteiger partial charge in [-0.3, -0.25) is 9.79 Å². The van der Waals surface area contributed by atoms with Gasteiger partial charge in [-0.2, -0.15) is 0 Å². The molecule has 0 amide bonds. The minimum absolute atomic E-state index is 0. The third kappa shape index (κ3) is 4.04. The summed E-state index contributed by atoms with van der Waals surface area (Å²) in [5.74, 6) is 0.981. The number of aliphatic imine (C=N–C) groups is 1. The fourth-order valence-electron chi connectivity index (χ4n) is 1.72. The van der Waals surface area contributed by atoms with Crippen molar-refractivity contribution < 1.29 is 9.53 Å². The highest BCUT2D eigenvalue weighted by Crippen LogP contribution is 2.25. The van der Waals surface area contributed by atoms with Crippen molar-refractivity contribution in [1.82, 2.24) is 4.90 Å². The minimum atomic E-state index is 0. The molecule has 0 saturated heterocycles. The summed E-state index contributed by atoms with van der Waals surface area (Å²) < 4.78 is 5.06. The molecule has 0 N–H and O–H groups in total. The molecule has 0 saturated carbocycles. The predicted octanol–water partition coefficient (Wildman–Crippen LogP) is 2.99. The Bertz CT molecular complexity index is 523.